The maximum Gasteiger partial charge on any atom is 0.248 e. The van der Waals surface area contributed by atoms with Gasteiger partial charge in [0, 0.05) is 41.5 Å². The molecule has 1 amide bonds. The van der Waals surface area contributed by atoms with Gasteiger partial charge in [-0.05, 0) is 35.9 Å². The van der Waals surface area contributed by atoms with Crippen molar-refractivity contribution in [1.29, 1.82) is 0 Å². The van der Waals surface area contributed by atoms with Crippen molar-refractivity contribution in [2.45, 2.75) is 0 Å². The Morgan fingerprint density at radius 2 is 2.20 bits per heavy atom. The molecule has 0 spiro atoms. The molecule has 0 radical (unpaired) electrons. The summed E-state index contributed by atoms with van der Waals surface area (Å²) < 4.78 is 1.09. The summed E-state index contributed by atoms with van der Waals surface area (Å²) >= 11 is 1.57. The first-order chi connectivity index (χ1) is 12.3. The van der Waals surface area contributed by atoms with E-state index in [0.717, 1.165) is 26.9 Å². The average Bonchev–Trinajstić information content (AvgIpc) is 3.31. The Bertz CT molecular complexity index is 1050. The monoisotopic (exact) mass is 347 g/mol. The lowest BCUT2D eigenvalue weighted by Gasteiger charge is -2.03. The molecule has 0 aliphatic carbocycles. The zero-order chi connectivity index (χ0) is 17.1. The van der Waals surface area contributed by atoms with Crippen molar-refractivity contribution >= 4 is 39.2 Å². The highest BCUT2D eigenvalue weighted by Gasteiger charge is 2.05. The molecule has 0 bridgehead atoms. The van der Waals surface area contributed by atoms with Crippen LogP contribution in [0.5, 0.6) is 0 Å². The molecule has 0 saturated heterocycles. The SMILES string of the molecule is O=C(/C=C/c1cnccc1-c1cn[nH]c1)Nc1ccc2scnc2c1. The van der Waals surface area contributed by atoms with Gasteiger partial charge in [0.2, 0.25) is 5.91 Å². The van der Waals surface area contributed by atoms with Crippen LogP contribution in [0.1, 0.15) is 5.56 Å². The number of hydrogen-bond donors (Lipinski definition) is 2. The fourth-order valence-corrected chi connectivity index (χ4v) is 3.14. The van der Waals surface area contributed by atoms with Gasteiger partial charge in [-0.1, -0.05) is 0 Å². The molecule has 2 N–H and O–H groups in total. The van der Waals surface area contributed by atoms with Crippen LogP contribution >= 0.6 is 11.3 Å². The van der Waals surface area contributed by atoms with Gasteiger partial charge >= 0.3 is 0 Å². The van der Waals surface area contributed by atoms with E-state index in [1.54, 1.807) is 47.7 Å². The molecule has 0 saturated carbocycles. The lowest BCUT2D eigenvalue weighted by atomic mass is 10.0. The van der Waals surface area contributed by atoms with Crippen molar-refractivity contribution in [2.24, 2.45) is 0 Å². The largest absolute Gasteiger partial charge is 0.322 e. The van der Waals surface area contributed by atoms with Crippen LogP contribution in [-0.4, -0.2) is 26.1 Å². The number of nitrogens with one attached hydrogen (secondary N) is 2. The third-order valence-electron chi connectivity index (χ3n) is 3.67. The van der Waals surface area contributed by atoms with E-state index in [2.05, 4.69) is 25.5 Å². The van der Waals surface area contributed by atoms with Crippen LogP contribution in [0.4, 0.5) is 5.69 Å². The molecule has 122 valence electrons. The third-order valence-corrected chi connectivity index (χ3v) is 4.48. The number of benzene rings is 1. The first kappa shape index (κ1) is 15.2. The summed E-state index contributed by atoms with van der Waals surface area (Å²) in [6.07, 6.45) is 10.2. The van der Waals surface area contributed by atoms with E-state index in [-0.39, 0.29) is 5.91 Å². The molecule has 3 heterocycles. The van der Waals surface area contributed by atoms with Gasteiger partial charge < -0.3 is 5.32 Å². The van der Waals surface area contributed by atoms with Crippen LogP contribution in [0.25, 0.3) is 27.4 Å². The number of amides is 1. The highest BCUT2D eigenvalue weighted by atomic mass is 32.1. The molecule has 6 nitrogen and oxygen atoms in total. The molecule has 0 fully saturated rings. The Balaban J connectivity index is 1.53. The summed E-state index contributed by atoms with van der Waals surface area (Å²) in [4.78, 5) is 20.6. The number of fused-ring (bicyclic) bond motifs is 1. The number of pyridine rings is 1. The first-order valence-corrected chi connectivity index (χ1v) is 8.43. The molecule has 7 heteroatoms. The summed E-state index contributed by atoms with van der Waals surface area (Å²) in [6, 6.07) is 7.56. The van der Waals surface area contributed by atoms with Crippen molar-refractivity contribution < 1.29 is 4.79 Å². The summed E-state index contributed by atoms with van der Waals surface area (Å²) in [5.41, 5.74) is 6.12. The number of H-pyrrole nitrogens is 1. The molecule has 0 aliphatic heterocycles. The molecule has 3 aromatic heterocycles. The Labute approximate surface area is 147 Å². The number of anilines is 1. The number of aromatic amines is 1. The van der Waals surface area contributed by atoms with Gasteiger partial charge in [-0.25, -0.2) is 4.98 Å². The second kappa shape index (κ2) is 6.66. The Morgan fingerprint density at radius 1 is 1.24 bits per heavy atom. The number of carbonyl (C=O) groups is 1. The fraction of sp³-hybridized carbons (Fsp3) is 0. The summed E-state index contributed by atoms with van der Waals surface area (Å²) in [7, 11) is 0. The van der Waals surface area contributed by atoms with E-state index in [1.807, 2.05) is 24.3 Å². The van der Waals surface area contributed by atoms with Gasteiger partial charge in [0.15, 0.2) is 0 Å². The Hall–Kier alpha value is -3.32. The van der Waals surface area contributed by atoms with E-state index >= 15 is 0 Å². The van der Waals surface area contributed by atoms with Crippen LogP contribution in [-0.2, 0) is 4.79 Å². The number of nitrogens with zero attached hydrogens (tertiary/aromatic N) is 3. The lowest BCUT2D eigenvalue weighted by molar-refractivity contribution is -0.111. The van der Waals surface area contributed by atoms with Gasteiger partial charge in [-0.3, -0.25) is 14.9 Å². The Morgan fingerprint density at radius 3 is 3.08 bits per heavy atom. The van der Waals surface area contributed by atoms with Crippen molar-refractivity contribution in [2.75, 3.05) is 5.32 Å². The average molecular weight is 347 g/mol. The zero-order valence-corrected chi connectivity index (χ0v) is 13.8. The molecule has 4 rings (SSSR count). The fourth-order valence-electron chi connectivity index (χ4n) is 2.49. The Kier molecular flexibility index (Phi) is 4.05. The third kappa shape index (κ3) is 3.31. The first-order valence-electron chi connectivity index (χ1n) is 7.55. The van der Waals surface area contributed by atoms with Crippen molar-refractivity contribution in [3.63, 3.8) is 0 Å². The summed E-state index contributed by atoms with van der Waals surface area (Å²) in [6.45, 7) is 0. The highest BCUT2D eigenvalue weighted by molar-refractivity contribution is 7.16. The normalized spacial score (nSPS) is 11.2. The van der Waals surface area contributed by atoms with Crippen LogP contribution in [0.3, 0.4) is 0 Å². The summed E-state index contributed by atoms with van der Waals surface area (Å²) in [5, 5.41) is 9.59. The second-order valence-corrected chi connectivity index (χ2v) is 6.19. The van der Waals surface area contributed by atoms with Gasteiger partial charge in [-0.15, -0.1) is 11.3 Å². The predicted octanol–water partition coefficient (Wildman–Crippen LogP) is 3.73. The zero-order valence-electron chi connectivity index (χ0n) is 13.0. The molecule has 1 aromatic carbocycles. The minimum atomic E-state index is -0.212. The lowest BCUT2D eigenvalue weighted by Crippen LogP contribution is -2.07. The van der Waals surface area contributed by atoms with Crippen molar-refractivity contribution in [3.05, 3.63) is 66.2 Å². The van der Waals surface area contributed by atoms with Crippen LogP contribution in [0.2, 0.25) is 0 Å². The van der Waals surface area contributed by atoms with Crippen LogP contribution in [0.15, 0.2) is 60.6 Å². The molecule has 0 atom stereocenters. The van der Waals surface area contributed by atoms with Crippen molar-refractivity contribution in [3.8, 4) is 11.1 Å². The van der Waals surface area contributed by atoms with E-state index < -0.39 is 0 Å². The van der Waals surface area contributed by atoms with E-state index in [0.29, 0.717) is 5.69 Å². The number of thiazole rings is 1. The van der Waals surface area contributed by atoms with Crippen molar-refractivity contribution in [1.82, 2.24) is 20.2 Å². The maximum absolute atomic E-state index is 12.2. The van der Waals surface area contributed by atoms with E-state index in [9.17, 15) is 4.79 Å². The quantitative estimate of drug-likeness (QED) is 0.551. The van der Waals surface area contributed by atoms with E-state index in [1.165, 1.54) is 6.08 Å². The number of carbonyl (C=O) groups excluding carboxylic acids is 1. The van der Waals surface area contributed by atoms with Gasteiger partial charge in [-0.2, -0.15) is 5.10 Å². The molecule has 0 unspecified atom stereocenters. The number of hydrogen-bond acceptors (Lipinski definition) is 5. The topological polar surface area (TPSA) is 83.6 Å². The molecule has 4 aromatic rings. The molecule has 25 heavy (non-hydrogen) atoms. The minimum absolute atomic E-state index is 0.212. The number of rotatable bonds is 4. The predicted molar refractivity (Wildman–Crippen MR) is 99.1 cm³/mol. The number of aromatic nitrogens is 4. The van der Waals surface area contributed by atoms with Crippen LogP contribution < -0.4 is 5.32 Å². The van der Waals surface area contributed by atoms with Gasteiger partial charge in [0.1, 0.15) is 0 Å². The standard InChI is InChI=1S/C18H13N5OS/c24-18(23-14-2-3-17-16(7-14)20-11-25-17)4-1-12-8-19-6-5-15(12)13-9-21-22-10-13/h1-11H,(H,21,22)(H,23,24)/b4-1+. The highest BCUT2D eigenvalue weighted by Crippen LogP contribution is 2.23. The van der Waals surface area contributed by atoms with Gasteiger partial charge in [0.25, 0.3) is 0 Å². The van der Waals surface area contributed by atoms with Crippen LogP contribution in [0, 0.1) is 0 Å². The minimum Gasteiger partial charge on any atom is -0.322 e. The molecular weight excluding hydrogens is 334 g/mol. The second-order valence-electron chi connectivity index (χ2n) is 5.31. The molecular formula is C18H13N5OS. The maximum atomic E-state index is 12.2. The smallest absolute Gasteiger partial charge is 0.248 e. The van der Waals surface area contributed by atoms with Gasteiger partial charge in [0.05, 0.1) is 21.9 Å². The molecule has 0 aliphatic rings. The van der Waals surface area contributed by atoms with E-state index in [4.69, 9.17) is 0 Å². The summed E-state index contributed by atoms with van der Waals surface area (Å²) in [5.74, 6) is -0.212.